The Labute approximate surface area is 220 Å². The molecule has 0 aliphatic heterocycles. The van der Waals surface area contributed by atoms with Crippen LogP contribution in [0, 0.1) is 0 Å². The normalized spacial score (nSPS) is 11.1. The Bertz CT molecular complexity index is 1280. The molecule has 0 unspecified atom stereocenters. The fourth-order valence-electron chi connectivity index (χ4n) is 4.29. The van der Waals surface area contributed by atoms with Crippen LogP contribution in [0.15, 0.2) is 83.3 Å². The minimum Gasteiger partial charge on any atom is -0.479 e. The number of esters is 1. The van der Waals surface area contributed by atoms with Gasteiger partial charge in [0.05, 0.1) is 11.9 Å². The lowest BCUT2D eigenvalue weighted by Gasteiger charge is -2.18. The van der Waals surface area contributed by atoms with E-state index in [4.69, 9.17) is 19.0 Å². The summed E-state index contributed by atoms with van der Waals surface area (Å²) in [5.41, 5.74) is 4.13. The lowest BCUT2D eigenvalue weighted by atomic mass is 10.0. The summed E-state index contributed by atoms with van der Waals surface area (Å²) in [7, 11) is 0. The number of carboxylic acid groups (broad SMARTS) is 1. The highest BCUT2D eigenvalue weighted by Crippen LogP contribution is 2.38. The second kappa shape index (κ2) is 13.0. The summed E-state index contributed by atoms with van der Waals surface area (Å²) < 4.78 is 16.8. The number of fused-ring (bicyclic) bond motifs is 1. The number of hydrogen-bond donors (Lipinski definition) is 1. The first-order valence-corrected chi connectivity index (χ1v) is 13.3. The van der Waals surface area contributed by atoms with Crippen LogP contribution in [0.2, 0.25) is 0 Å². The van der Waals surface area contributed by atoms with Gasteiger partial charge in [0, 0.05) is 24.3 Å². The largest absolute Gasteiger partial charge is 0.479 e. The van der Waals surface area contributed by atoms with E-state index in [-0.39, 0.29) is 11.2 Å². The van der Waals surface area contributed by atoms with Crippen molar-refractivity contribution in [2.75, 3.05) is 19.0 Å². The number of furan rings is 1. The van der Waals surface area contributed by atoms with E-state index in [0.717, 1.165) is 28.9 Å². The second-order valence-electron chi connectivity index (χ2n) is 8.58. The first kappa shape index (κ1) is 26.4. The number of carbonyl (C=O) groups is 2. The molecule has 7 heteroatoms. The molecule has 0 radical (unpaired) electrons. The molecule has 0 saturated carbocycles. The number of rotatable bonds is 13. The molecule has 37 heavy (non-hydrogen) atoms. The zero-order chi connectivity index (χ0) is 26.0. The average molecular weight is 519 g/mol. The van der Waals surface area contributed by atoms with Crippen LogP contribution < -0.4 is 4.74 Å². The molecule has 1 N–H and O–H groups in total. The molecule has 0 fully saturated rings. The van der Waals surface area contributed by atoms with Gasteiger partial charge in [0.25, 0.3) is 0 Å². The molecule has 6 nitrogen and oxygen atoms in total. The van der Waals surface area contributed by atoms with E-state index < -0.39 is 12.6 Å². The lowest BCUT2D eigenvalue weighted by molar-refractivity contribution is -0.141. The summed E-state index contributed by atoms with van der Waals surface area (Å²) in [6.45, 7) is 1.27. The molecule has 0 aliphatic rings. The third-order valence-electron chi connectivity index (χ3n) is 5.91. The minimum atomic E-state index is -1.05. The Balaban J connectivity index is 1.57. The molecule has 0 spiro atoms. The van der Waals surface area contributed by atoms with E-state index >= 15 is 0 Å². The molecule has 4 aromatic rings. The number of para-hydroxylation sites is 1. The molecule has 192 valence electrons. The van der Waals surface area contributed by atoms with Crippen molar-refractivity contribution in [3.63, 3.8) is 0 Å². The maximum atomic E-state index is 11.2. The summed E-state index contributed by atoms with van der Waals surface area (Å²) >= 11 is 1.87. The summed E-state index contributed by atoms with van der Waals surface area (Å²) in [6, 6.07) is 26.5. The van der Waals surface area contributed by atoms with Gasteiger partial charge in [0.15, 0.2) is 17.9 Å². The van der Waals surface area contributed by atoms with E-state index in [1.165, 1.54) is 18.1 Å². The van der Waals surface area contributed by atoms with Crippen molar-refractivity contribution >= 4 is 34.7 Å². The standard InChI is InChI=1S/C30H30O6S/c1-21(31)34-18-9-16-26-24(25-14-8-15-27(29(25)36-26)35-20-28(32)33)17-19-37-30(22-10-4-2-5-11-22)23-12-6-3-7-13-23/h2-8,10-15,30H,9,16-20H2,1H3,(H,32,33). The fourth-order valence-corrected chi connectivity index (χ4v) is 5.55. The highest BCUT2D eigenvalue weighted by molar-refractivity contribution is 7.99. The minimum absolute atomic E-state index is 0.197. The molecule has 1 heterocycles. The van der Waals surface area contributed by atoms with Crippen molar-refractivity contribution < 1.29 is 28.6 Å². The van der Waals surface area contributed by atoms with Crippen LogP contribution in [0.3, 0.4) is 0 Å². The number of carboxylic acids is 1. The van der Waals surface area contributed by atoms with Gasteiger partial charge in [-0.05, 0) is 35.8 Å². The SMILES string of the molecule is CC(=O)OCCCc1oc2c(OCC(=O)O)cccc2c1CCSC(c1ccccc1)c1ccccc1. The second-order valence-corrected chi connectivity index (χ2v) is 9.80. The molecule has 0 saturated heterocycles. The van der Waals surface area contributed by atoms with Gasteiger partial charge in [-0.2, -0.15) is 0 Å². The van der Waals surface area contributed by atoms with E-state index in [1.54, 1.807) is 6.07 Å². The van der Waals surface area contributed by atoms with Gasteiger partial charge in [-0.25, -0.2) is 4.79 Å². The third kappa shape index (κ3) is 7.17. The van der Waals surface area contributed by atoms with Crippen LogP contribution in [0.25, 0.3) is 11.0 Å². The first-order chi connectivity index (χ1) is 18.0. The molecule has 1 aromatic heterocycles. The molecule has 0 amide bonds. The van der Waals surface area contributed by atoms with Crippen LogP contribution in [0.5, 0.6) is 5.75 Å². The Morgan fingerprint density at radius 2 is 1.59 bits per heavy atom. The molecule has 0 atom stereocenters. The van der Waals surface area contributed by atoms with E-state index in [1.807, 2.05) is 36.0 Å². The van der Waals surface area contributed by atoms with Gasteiger partial charge >= 0.3 is 11.9 Å². The first-order valence-electron chi connectivity index (χ1n) is 12.3. The smallest absolute Gasteiger partial charge is 0.341 e. The van der Waals surface area contributed by atoms with Crippen LogP contribution in [0.4, 0.5) is 0 Å². The monoisotopic (exact) mass is 518 g/mol. The summed E-state index contributed by atoms with van der Waals surface area (Å²) in [6.07, 6.45) is 1.99. The van der Waals surface area contributed by atoms with E-state index in [2.05, 4.69) is 48.5 Å². The zero-order valence-corrected chi connectivity index (χ0v) is 21.5. The highest BCUT2D eigenvalue weighted by atomic mass is 32.2. The number of aryl methyl sites for hydroxylation is 2. The Morgan fingerprint density at radius 1 is 0.919 bits per heavy atom. The molecular formula is C30H30O6S. The van der Waals surface area contributed by atoms with Gasteiger partial charge in [0.1, 0.15) is 5.76 Å². The van der Waals surface area contributed by atoms with Crippen LogP contribution >= 0.6 is 11.8 Å². The van der Waals surface area contributed by atoms with Crippen molar-refractivity contribution in [2.45, 2.75) is 31.4 Å². The van der Waals surface area contributed by atoms with Crippen LogP contribution in [0.1, 0.15) is 41.0 Å². The van der Waals surface area contributed by atoms with Gasteiger partial charge in [0.2, 0.25) is 0 Å². The molecule has 3 aromatic carbocycles. The predicted octanol–water partition coefficient (Wildman–Crippen LogP) is 6.46. The van der Waals surface area contributed by atoms with Gasteiger partial charge in [-0.3, -0.25) is 4.79 Å². The van der Waals surface area contributed by atoms with E-state index in [0.29, 0.717) is 30.8 Å². The molecular weight excluding hydrogens is 488 g/mol. The number of aliphatic carboxylic acids is 1. The number of benzene rings is 3. The van der Waals surface area contributed by atoms with Crippen molar-refractivity contribution in [2.24, 2.45) is 0 Å². The van der Waals surface area contributed by atoms with Crippen molar-refractivity contribution in [1.82, 2.24) is 0 Å². The Morgan fingerprint density at radius 3 is 2.22 bits per heavy atom. The lowest BCUT2D eigenvalue weighted by Crippen LogP contribution is -2.09. The Hall–Kier alpha value is -3.71. The fraction of sp³-hybridized carbons (Fsp3) is 0.267. The van der Waals surface area contributed by atoms with Gasteiger partial charge in [-0.15, -0.1) is 11.8 Å². The Kier molecular flexibility index (Phi) is 9.27. The zero-order valence-electron chi connectivity index (χ0n) is 20.7. The summed E-state index contributed by atoms with van der Waals surface area (Å²) in [4.78, 5) is 22.2. The number of thioether (sulfide) groups is 1. The van der Waals surface area contributed by atoms with Crippen LogP contribution in [-0.2, 0) is 27.2 Å². The van der Waals surface area contributed by atoms with Crippen molar-refractivity contribution in [1.29, 1.82) is 0 Å². The van der Waals surface area contributed by atoms with Crippen LogP contribution in [-0.4, -0.2) is 36.0 Å². The maximum Gasteiger partial charge on any atom is 0.341 e. The molecule has 0 bridgehead atoms. The average Bonchev–Trinajstić information content (AvgIpc) is 3.26. The summed E-state index contributed by atoms with van der Waals surface area (Å²) in [5.74, 6) is 0.713. The number of ether oxygens (including phenoxy) is 2. The van der Waals surface area contributed by atoms with E-state index in [9.17, 15) is 9.59 Å². The maximum absolute atomic E-state index is 11.2. The van der Waals surface area contributed by atoms with Crippen molar-refractivity contribution in [3.05, 3.63) is 101 Å². The third-order valence-corrected chi connectivity index (χ3v) is 7.23. The summed E-state index contributed by atoms with van der Waals surface area (Å²) in [5, 5.41) is 10.2. The topological polar surface area (TPSA) is 86.0 Å². The van der Waals surface area contributed by atoms with Gasteiger partial charge < -0.3 is 19.0 Å². The number of hydrogen-bond acceptors (Lipinski definition) is 6. The quantitative estimate of drug-likeness (QED) is 0.161. The molecule has 0 aliphatic carbocycles. The number of carbonyl (C=O) groups excluding carboxylic acids is 1. The molecule has 4 rings (SSSR count). The highest BCUT2D eigenvalue weighted by Gasteiger charge is 2.20. The van der Waals surface area contributed by atoms with Crippen molar-refractivity contribution in [3.8, 4) is 5.75 Å². The predicted molar refractivity (Wildman–Crippen MR) is 145 cm³/mol. The van der Waals surface area contributed by atoms with Gasteiger partial charge in [-0.1, -0.05) is 72.8 Å².